The number of amides is 3. The molecule has 0 saturated carbocycles. The molecule has 3 amide bonds. The number of rotatable bonds is 15. The summed E-state index contributed by atoms with van der Waals surface area (Å²) in [5.74, 6) is 0.978. The molecular formula is C25H39N6O6S+. The molecule has 0 radical (unpaired) electrons. The summed E-state index contributed by atoms with van der Waals surface area (Å²) in [6.45, 7) is 7.75. The highest BCUT2D eigenvalue weighted by Gasteiger charge is 2.36. The second kappa shape index (κ2) is 15.6. The number of benzene rings is 1. The molecule has 2 aliphatic heterocycles. The van der Waals surface area contributed by atoms with Crippen molar-refractivity contribution in [3.05, 3.63) is 29.3 Å². The molecule has 38 heavy (non-hydrogen) atoms. The van der Waals surface area contributed by atoms with Crippen LogP contribution >= 0.6 is 11.8 Å². The summed E-state index contributed by atoms with van der Waals surface area (Å²) >= 11 is 1.45. The molecule has 1 saturated heterocycles. The maximum Gasteiger partial charge on any atom is 0.315 e. The molecule has 0 spiro atoms. The van der Waals surface area contributed by atoms with Gasteiger partial charge in [-0.25, -0.2) is 4.79 Å². The fraction of sp³-hybridized carbons (Fsp3) is 0.680. The van der Waals surface area contributed by atoms with Crippen LogP contribution in [0.4, 0.5) is 4.79 Å². The molecule has 1 aromatic carbocycles. The Morgan fingerprint density at radius 1 is 1.21 bits per heavy atom. The molecule has 2 heterocycles. The number of methoxy groups -OCH3 is 1. The molecule has 4 atom stereocenters. The SMILES string of the molecule is COc1ccc2c(c1)CCN(C(=O)[C@@H](COCCOCCOCCN=[N+]=N)SC1NC(=O)NCC1C)[C@H]2C. The number of nitrogens with one attached hydrogen (secondary N) is 3. The Kier molecular flexibility index (Phi) is 12.3. The molecule has 3 rings (SSSR count). The minimum atomic E-state index is -0.474. The zero-order valence-electron chi connectivity index (χ0n) is 22.3. The van der Waals surface area contributed by atoms with Crippen molar-refractivity contribution in [1.82, 2.24) is 20.4 Å². The van der Waals surface area contributed by atoms with Gasteiger partial charge in [0.05, 0.1) is 58.2 Å². The number of hydrogen-bond donors (Lipinski definition) is 3. The Hall–Kier alpha value is -2.70. The van der Waals surface area contributed by atoms with E-state index < -0.39 is 5.25 Å². The fourth-order valence-corrected chi connectivity index (χ4v) is 5.72. The van der Waals surface area contributed by atoms with Gasteiger partial charge in [0.15, 0.2) is 0 Å². The van der Waals surface area contributed by atoms with Crippen molar-refractivity contribution in [2.75, 3.05) is 66.4 Å². The third-order valence-corrected chi connectivity index (χ3v) is 8.10. The van der Waals surface area contributed by atoms with E-state index in [1.807, 2.05) is 36.9 Å². The summed E-state index contributed by atoms with van der Waals surface area (Å²) in [5, 5.41) is 8.59. The number of hydrogen-bond acceptors (Lipinski definition) is 9. The monoisotopic (exact) mass is 551 g/mol. The van der Waals surface area contributed by atoms with E-state index in [9.17, 15) is 9.59 Å². The van der Waals surface area contributed by atoms with Gasteiger partial charge in [-0.15, -0.1) is 11.8 Å². The highest BCUT2D eigenvalue weighted by atomic mass is 32.2. The van der Waals surface area contributed by atoms with Crippen LogP contribution in [0.25, 0.3) is 0 Å². The summed E-state index contributed by atoms with van der Waals surface area (Å²) in [5.41, 5.74) is 8.90. The highest BCUT2D eigenvalue weighted by Crippen LogP contribution is 2.34. The Balaban J connectivity index is 1.55. The van der Waals surface area contributed by atoms with Gasteiger partial charge in [0.2, 0.25) is 10.8 Å². The average molecular weight is 552 g/mol. The first-order valence-electron chi connectivity index (χ1n) is 12.9. The Morgan fingerprint density at radius 3 is 2.68 bits per heavy atom. The van der Waals surface area contributed by atoms with Gasteiger partial charge < -0.3 is 34.5 Å². The lowest BCUT2D eigenvalue weighted by molar-refractivity contribution is -0.134. The summed E-state index contributed by atoms with van der Waals surface area (Å²) in [7, 11) is 1.65. The van der Waals surface area contributed by atoms with Crippen LogP contribution in [0.15, 0.2) is 23.3 Å². The minimum Gasteiger partial charge on any atom is -0.497 e. The predicted molar refractivity (Wildman–Crippen MR) is 142 cm³/mol. The number of carbonyl (C=O) groups is 2. The lowest BCUT2D eigenvalue weighted by Crippen LogP contribution is -2.54. The molecule has 2 unspecified atom stereocenters. The first kappa shape index (κ1) is 29.9. The summed E-state index contributed by atoms with van der Waals surface area (Å²) in [6.07, 6.45) is 0.753. The van der Waals surface area contributed by atoms with Gasteiger partial charge in [0, 0.05) is 19.0 Å². The summed E-state index contributed by atoms with van der Waals surface area (Å²) < 4.78 is 22.1. The highest BCUT2D eigenvalue weighted by molar-refractivity contribution is 8.01. The standard InChI is InChI=1S/C25H38N6O6S/c1-17-15-27-25(33)29-23(17)38-22(16-37-13-12-36-11-10-35-9-7-28-30-26)24(32)31-8-6-19-14-20(34-3)4-5-21(19)18(31)2/h4-5,14,17-18,22-23,26H,6-13,15-16H2,1-3H3,(H-,27,29,33)/p+1/t17?,18-,22+,23?/m0/s1. The fourth-order valence-electron chi connectivity index (χ4n) is 4.40. The van der Waals surface area contributed by atoms with E-state index in [4.69, 9.17) is 24.5 Å². The van der Waals surface area contributed by atoms with Gasteiger partial charge in [-0.2, -0.15) is 0 Å². The molecule has 12 nitrogen and oxygen atoms in total. The van der Waals surface area contributed by atoms with E-state index in [1.54, 1.807) is 7.11 Å². The Labute approximate surface area is 227 Å². The first-order valence-corrected chi connectivity index (χ1v) is 13.8. The molecule has 210 valence electrons. The van der Waals surface area contributed by atoms with Gasteiger partial charge in [0.25, 0.3) is 0 Å². The lowest BCUT2D eigenvalue weighted by Gasteiger charge is -2.39. The van der Waals surface area contributed by atoms with Crippen molar-refractivity contribution in [2.45, 2.75) is 36.9 Å². The number of urea groups is 1. The molecule has 1 aromatic rings. The van der Waals surface area contributed by atoms with E-state index >= 15 is 0 Å². The number of nitrogens with zero attached hydrogens (tertiary/aromatic N) is 3. The van der Waals surface area contributed by atoms with Crippen LogP contribution in [0, 0.1) is 11.4 Å². The second-order valence-corrected chi connectivity index (χ2v) is 10.5. The van der Waals surface area contributed by atoms with E-state index in [0.717, 1.165) is 17.7 Å². The van der Waals surface area contributed by atoms with E-state index in [2.05, 4.69) is 20.7 Å². The quantitative estimate of drug-likeness (QED) is 0.172. The number of ether oxygens (including phenoxy) is 4. The number of carbonyl (C=O) groups excluding carboxylic acids is 2. The Morgan fingerprint density at radius 2 is 1.95 bits per heavy atom. The van der Waals surface area contributed by atoms with Gasteiger partial charge in [-0.1, -0.05) is 13.0 Å². The molecule has 1 fully saturated rings. The van der Waals surface area contributed by atoms with E-state index in [-0.39, 0.29) is 35.9 Å². The minimum absolute atomic E-state index is 0.00287. The summed E-state index contributed by atoms with van der Waals surface area (Å²) in [4.78, 5) is 30.6. The number of fused-ring (bicyclic) bond motifs is 1. The van der Waals surface area contributed by atoms with Crippen molar-refractivity contribution >= 4 is 23.7 Å². The van der Waals surface area contributed by atoms with Gasteiger partial charge in [-0.3, -0.25) is 4.79 Å². The van der Waals surface area contributed by atoms with Crippen molar-refractivity contribution in [1.29, 1.82) is 5.53 Å². The van der Waals surface area contributed by atoms with Crippen molar-refractivity contribution in [2.24, 2.45) is 11.0 Å². The molecule has 0 aliphatic carbocycles. The van der Waals surface area contributed by atoms with Crippen molar-refractivity contribution < 1.29 is 28.5 Å². The average Bonchev–Trinajstić information content (AvgIpc) is 2.92. The van der Waals surface area contributed by atoms with Crippen LogP contribution < -0.4 is 20.3 Å². The van der Waals surface area contributed by atoms with Crippen LogP contribution in [-0.2, 0) is 25.4 Å². The second-order valence-electron chi connectivity index (χ2n) is 9.16. The lowest BCUT2D eigenvalue weighted by atomic mass is 9.93. The van der Waals surface area contributed by atoms with Gasteiger partial charge >= 0.3 is 6.03 Å². The molecule has 0 bridgehead atoms. The normalized spacial score (nSPS) is 21.5. The van der Waals surface area contributed by atoms with Crippen LogP contribution in [0.1, 0.15) is 31.0 Å². The zero-order chi connectivity index (χ0) is 27.3. The van der Waals surface area contributed by atoms with E-state index in [0.29, 0.717) is 52.7 Å². The topological polar surface area (TPSA) is 149 Å². The van der Waals surface area contributed by atoms with Crippen LogP contribution in [0.2, 0.25) is 0 Å². The maximum atomic E-state index is 13.8. The maximum absolute atomic E-state index is 13.8. The van der Waals surface area contributed by atoms with Crippen molar-refractivity contribution in [3.8, 4) is 5.75 Å². The first-order chi connectivity index (χ1) is 18.4. The molecular weight excluding hydrogens is 512 g/mol. The smallest absolute Gasteiger partial charge is 0.315 e. The van der Waals surface area contributed by atoms with Crippen LogP contribution in [0.5, 0.6) is 5.75 Å². The molecule has 0 aromatic heterocycles. The van der Waals surface area contributed by atoms with Gasteiger partial charge in [-0.05, 0) is 36.6 Å². The predicted octanol–water partition coefficient (Wildman–Crippen LogP) is 2.12. The molecule has 2 aliphatic rings. The summed E-state index contributed by atoms with van der Waals surface area (Å²) in [6, 6.07) is 5.71. The third kappa shape index (κ3) is 8.67. The number of thioether (sulfide) groups is 1. The molecule has 3 N–H and O–H groups in total. The van der Waals surface area contributed by atoms with Crippen LogP contribution in [-0.4, -0.2) is 93.8 Å². The zero-order valence-corrected chi connectivity index (χ0v) is 23.1. The van der Waals surface area contributed by atoms with Crippen LogP contribution in [0.3, 0.4) is 0 Å². The molecule has 13 heteroatoms. The van der Waals surface area contributed by atoms with Crippen molar-refractivity contribution in [3.63, 3.8) is 0 Å². The largest absolute Gasteiger partial charge is 0.497 e. The van der Waals surface area contributed by atoms with Gasteiger partial charge in [0.1, 0.15) is 28.2 Å². The Bertz CT molecular complexity index is 978. The van der Waals surface area contributed by atoms with E-state index in [1.165, 1.54) is 17.3 Å². The third-order valence-electron chi connectivity index (χ3n) is 6.55.